The lowest BCUT2D eigenvalue weighted by Gasteiger charge is -2.06. The van der Waals surface area contributed by atoms with E-state index in [1.165, 1.54) is 14.1 Å². The number of nitrogens with zero attached hydrogens (tertiary/aromatic N) is 2. The van der Waals surface area contributed by atoms with E-state index in [1.54, 1.807) is 0 Å². The quantitative estimate of drug-likeness (QED) is 0.535. The van der Waals surface area contributed by atoms with Gasteiger partial charge in [-0.05, 0) is 0 Å². The molecule has 1 heterocycles. The first-order chi connectivity index (χ1) is 6.00. The van der Waals surface area contributed by atoms with Crippen LogP contribution in [0, 0.1) is 5.41 Å². The van der Waals surface area contributed by atoms with Crippen LogP contribution in [-0.2, 0) is 14.1 Å². The van der Waals surface area contributed by atoms with E-state index in [-0.39, 0.29) is 5.56 Å². The molecular weight excluding hydrogens is 174 g/mol. The van der Waals surface area contributed by atoms with Crippen molar-refractivity contribution in [2.24, 2.45) is 14.1 Å². The zero-order valence-corrected chi connectivity index (χ0v) is 7.24. The van der Waals surface area contributed by atoms with E-state index >= 15 is 0 Å². The molecule has 13 heavy (non-hydrogen) atoms. The summed E-state index contributed by atoms with van der Waals surface area (Å²) in [5, 5.41) is 16.2. The lowest BCUT2D eigenvalue weighted by Crippen LogP contribution is -2.38. The lowest BCUT2D eigenvalue weighted by atomic mass is 10.3. The highest BCUT2D eigenvalue weighted by Gasteiger charge is 2.11. The van der Waals surface area contributed by atoms with E-state index in [1.807, 2.05) is 0 Å². The Kier molecular flexibility index (Phi) is 2.05. The van der Waals surface area contributed by atoms with Gasteiger partial charge in [-0.25, -0.2) is 4.79 Å². The third-order valence-corrected chi connectivity index (χ3v) is 1.81. The molecule has 0 aliphatic heterocycles. The third kappa shape index (κ3) is 1.16. The fourth-order valence-electron chi connectivity index (χ4n) is 0.986. The SMILES string of the molecule is Cn1c(O)c(C=N)c(=O)n(C)c1=O. The summed E-state index contributed by atoms with van der Waals surface area (Å²) in [6.07, 6.45) is 0.719. The Balaban J connectivity index is 3.88. The van der Waals surface area contributed by atoms with E-state index in [9.17, 15) is 14.7 Å². The van der Waals surface area contributed by atoms with Crippen molar-refractivity contribution in [2.45, 2.75) is 0 Å². The average molecular weight is 183 g/mol. The van der Waals surface area contributed by atoms with Crippen LogP contribution in [0.15, 0.2) is 9.59 Å². The molecule has 0 atom stereocenters. The molecule has 0 unspecified atom stereocenters. The predicted octanol–water partition coefficient (Wildman–Crippen LogP) is -1.21. The molecule has 1 aromatic rings. The largest absolute Gasteiger partial charge is 0.494 e. The predicted molar refractivity (Wildman–Crippen MR) is 46.5 cm³/mol. The van der Waals surface area contributed by atoms with E-state index in [4.69, 9.17) is 5.41 Å². The van der Waals surface area contributed by atoms with Crippen LogP contribution in [-0.4, -0.2) is 20.5 Å². The summed E-state index contributed by atoms with van der Waals surface area (Å²) < 4.78 is 1.74. The number of hydrogen-bond donors (Lipinski definition) is 2. The van der Waals surface area contributed by atoms with Crippen molar-refractivity contribution >= 4 is 6.21 Å². The molecule has 0 bridgehead atoms. The molecule has 0 aromatic carbocycles. The molecule has 0 spiro atoms. The highest BCUT2D eigenvalue weighted by atomic mass is 16.3. The van der Waals surface area contributed by atoms with Crippen LogP contribution >= 0.6 is 0 Å². The maximum atomic E-state index is 11.2. The minimum atomic E-state index is -0.671. The second-order valence-electron chi connectivity index (χ2n) is 2.59. The second kappa shape index (κ2) is 2.89. The average Bonchev–Trinajstić information content (AvgIpc) is 2.13. The summed E-state index contributed by atoms with van der Waals surface area (Å²) in [4.78, 5) is 22.4. The molecule has 6 nitrogen and oxygen atoms in total. The van der Waals surface area contributed by atoms with Gasteiger partial charge in [-0.2, -0.15) is 0 Å². The van der Waals surface area contributed by atoms with Gasteiger partial charge >= 0.3 is 5.69 Å². The van der Waals surface area contributed by atoms with Gasteiger partial charge in [0.1, 0.15) is 5.56 Å². The van der Waals surface area contributed by atoms with E-state index < -0.39 is 17.1 Å². The van der Waals surface area contributed by atoms with Crippen molar-refractivity contribution in [2.75, 3.05) is 0 Å². The fourth-order valence-corrected chi connectivity index (χ4v) is 0.986. The summed E-state index contributed by atoms with van der Waals surface area (Å²) >= 11 is 0. The van der Waals surface area contributed by atoms with Crippen LogP contribution in [0.3, 0.4) is 0 Å². The second-order valence-corrected chi connectivity index (χ2v) is 2.59. The van der Waals surface area contributed by atoms with Gasteiger partial charge in [0.15, 0.2) is 0 Å². The molecule has 0 fully saturated rings. The maximum Gasteiger partial charge on any atom is 0.333 e. The van der Waals surface area contributed by atoms with Crippen LogP contribution in [0.5, 0.6) is 5.88 Å². The Labute approximate surface area is 73.2 Å². The Morgan fingerprint density at radius 3 is 2.31 bits per heavy atom. The molecule has 0 aliphatic carbocycles. The number of hydrogen-bond acceptors (Lipinski definition) is 4. The van der Waals surface area contributed by atoms with Gasteiger partial charge in [0.25, 0.3) is 5.56 Å². The van der Waals surface area contributed by atoms with E-state index in [2.05, 4.69) is 0 Å². The smallest absolute Gasteiger partial charge is 0.333 e. The van der Waals surface area contributed by atoms with Gasteiger partial charge in [-0.1, -0.05) is 0 Å². The molecule has 70 valence electrons. The molecule has 2 N–H and O–H groups in total. The molecule has 0 radical (unpaired) electrons. The summed E-state index contributed by atoms with van der Waals surface area (Å²) in [6, 6.07) is 0. The normalized spacial score (nSPS) is 10.0. The van der Waals surface area contributed by atoms with Gasteiger partial charge in [0.2, 0.25) is 5.88 Å². The number of nitrogens with one attached hydrogen (secondary N) is 1. The highest BCUT2D eigenvalue weighted by Crippen LogP contribution is 2.04. The minimum Gasteiger partial charge on any atom is -0.494 e. The maximum absolute atomic E-state index is 11.2. The van der Waals surface area contributed by atoms with Crippen molar-refractivity contribution in [3.05, 3.63) is 26.4 Å². The Hall–Kier alpha value is -1.85. The third-order valence-electron chi connectivity index (χ3n) is 1.81. The van der Waals surface area contributed by atoms with Gasteiger partial charge < -0.3 is 10.5 Å². The van der Waals surface area contributed by atoms with Crippen molar-refractivity contribution in [3.8, 4) is 5.88 Å². The molecular formula is C7H9N3O3. The molecule has 0 aliphatic rings. The summed E-state index contributed by atoms with van der Waals surface area (Å²) in [7, 11) is 2.61. The van der Waals surface area contributed by atoms with Crippen LogP contribution < -0.4 is 11.2 Å². The highest BCUT2D eigenvalue weighted by molar-refractivity contribution is 5.79. The van der Waals surface area contributed by atoms with Crippen LogP contribution in [0.4, 0.5) is 0 Å². The summed E-state index contributed by atoms with van der Waals surface area (Å²) in [5.41, 5.74) is -1.48. The van der Waals surface area contributed by atoms with Gasteiger partial charge in [0.05, 0.1) is 0 Å². The first-order valence-corrected chi connectivity index (χ1v) is 3.50. The Morgan fingerprint density at radius 2 is 1.85 bits per heavy atom. The minimum absolute atomic E-state index is 0.190. The topological polar surface area (TPSA) is 88.1 Å². The van der Waals surface area contributed by atoms with Crippen molar-refractivity contribution in [1.82, 2.24) is 9.13 Å². The standard InChI is InChI=1S/C7H9N3O3/c1-9-5(11)4(3-8)6(12)10(2)7(9)13/h3,8,11H,1-2H3. The zero-order chi connectivity index (χ0) is 10.2. The number of aromatic nitrogens is 2. The molecule has 6 heteroatoms. The van der Waals surface area contributed by atoms with Crippen molar-refractivity contribution in [3.63, 3.8) is 0 Å². The molecule has 0 amide bonds. The summed E-state index contributed by atoms with van der Waals surface area (Å²) in [6.45, 7) is 0. The molecule has 0 saturated carbocycles. The number of rotatable bonds is 1. The van der Waals surface area contributed by atoms with Gasteiger partial charge in [0, 0.05) is 20.3 Å². The van der Waals surface area contributed by atoms with Crippen LogP contribution in [0.2, 0.25) is 0 Å². The first-order valence-electron chi connectivity index (χ1n) is 3.50. The van der Waals surface area contributed by atoms with Crippen LogP contribution in [0.25, 0.3) is 0 Å². The van der Waals surface area contributed by atoms with Crippen molar-refractivity contribution < 1.29 is 5.11 Å². The van der Waals surface area contributed by atoms with Crippen LogP contribution in [0.1, 0.15) is 5.56 Å². The van der Waals surface area contributed by atoms with Gasteiger partial charge in [-0.15, -0.1) is 0 Å². The zero-order valence-electron chi connectivity index (χ0n) is 7.24. The first kappa shape index (κ1) is 9.24. The Morgan fingerprint density at radius 1 is 1.31 bits per heavy atom. The molecule has 0 saturated heterocycles. The Bertz CT molecular complexity index is 469. The lowest BCUT2D eigenvalue weighted by molar-refractivity contribution is 0.410. The molecule has 1 rings (SSSR count). The van der Waals surface area contributed by atoms with E-state index in [0.717, 1.165) is 15.3 Å². The van der Waals surface area contributed by atoms with E-state index in [0.29, 0.717) is 0 Å². The van der Waals surface area contributed by atoms with Gasteiger partial charge in [-0.3, -0.25) is 13.9 Å². The fraction of sp³-hybridized carbons (Fsp3) is 0.286. The van der Waals surface area contributed by atoms with Crippen molar-refractivity contribution in [1.29, 1.82) is 5.41 Å². The molecule has 1 aromatic heterocycles. The number of aromatic hydroxyl groups is 1. The summed E-state index contributed by atoms with van der Waals surface area (Å²) in [5.74, 6) is -0.483. The monoisotopic (exact) mass is 183 g/mol.